The second kappa shape index (κ2) is 5.40. The maximum Gasteiger partial charge on any atom is 0.231 e. The minimum atomic E-state index is -0.579. The third-order valence-corrected chi connectivity index (χ3v) is 3.18. The molecule has 0 unspecified atom stereocenters. The van der Waals surface area contributed by atoms with Crippen molar-refractivity contribution in [2.75, 3.05) is 19.0 Å². The van der Waals surface area contributed by atoms with Crippen molar-refractivity contribution < 1.29 is 9.53 Å². The van der Waals surface area contributed by atoms with E-state index in [1.54, 1.807) is 7.11 Å². The number of hydrogen-bond acceptors (Lipinski definition) is 3. The summed E-state index contributed by atoms with van der Waals surface area (Å²) in [7, 11) is 1.63. The quantitative estimate of drug-likeness (QED) is 0.861. The van der Waals surface area contributed by atoms with Gasteiger partial charge in [0, 0.05) is 17.8 Å². The monoisotopic (exact) mass is 250 g/mol. The number of nitrogens with one attached hydrogen (secondary N) is 1. The molecule has 0 aliphatic carbocycles. The zero-order chi connectivity index (χ0) is 13.9. The van der Waals surface area contributed by atoms with E-state index in [0.717, 1.165) is 22.6 Å². The number of hydrogen-bond donors (Lipinski definition) is 2. The molecule has 0 saturated carbocycles. The Morgan fingerprint density at radius 3 is 2.50 bits per heavy atom. The van der Waals surface area contributed by atoms with Gasteiger partial charge in [0.25, 0.3) is 0 Å². The van der Waals surface area contributed by atoms with Crippen LogP contribution in [0.2, 0.25) is 0 Å². The zero-order valence-corrected chi connectivity index (χ0v) is 11.8. The average Bonchev–Trinajstić information content (AvgIpc) is 2.33. The molecule has 4 heteroatoms. The summed E-state index contributed by atoms with van der Waals surface area (Å²) in [6.07, 6.45) is 0. The van der Waals surface area contributed by atoms with Crippen LogP contribution in [0.1, 0.15) is 25.0 Å². The molecule has 1 aromatic carbocycles. The van der Waals surface area contributed by atoms with Crippen LogP contribution in [-0.4, -0.2) is 19.6 Å². The van der Waals surface area contributed by atoms with Crippen LogP contribution in [0.5, 0.6) is 5.75 Å². The molecule has 0 bridgehead atoms. The molecular weight excluding hydrogens is 228 g/mol. The summed E-state index contributed by atoms with van der Waals surface area (Å²) in [5.74, 6) is 0.720. The molecule has 0 saturated heterocycles. The van der Waals surface area contributed by atoms with Gasteiger partial charge < -0.3 is 15.8 Å². The van der Waals surface area contributed by atoms with Crippen molar-refractivity contribution >= 4 is 11.6 Å². The molecule has 0 aromatic heterocycles. The molecule has 0 aliphatic rings. The maximum atomic E-state index is 12.1. The summed E-state index contributed by atoms with van der Waals surface area (Å²) < 4.78 is 5.33. The van der Waals surface area contributed by atoms with Crippen molar-refractivity contribution in [2.24, 2.45) is 11.1 Å². The van der Waals surface area contributed by atoms with Crippen LogP contribution in [0.15, 0.2) is 12.1 Å². The van der Waals surface area contributed by atoms with Gasteiger partial charge in [0.2, 0.25) is 5.91 Å². The van der Waals surface area contributed by atoms with Crippen molar-refractivity contribution in [2.45, 2.75) is 27.7 Å². The van der Waals surface area contributed by atoms with Crippen LogP contribution in [0, 0.1) is 19.3 Å². The smallest absolute Gasteiger partial charge is 0.231 e. The van der Waals surface area contributed by atoms with E-state index in [1.165, 1.54) is 0 Å². The fourth-order valence-corrected chi connectivity index (χ4v) is 1.66. The minimum Gasteiger partial charge on any atom is -0.496 e. The molecule has 0 spiro atoms. The van der Waals surface area contributed by atoms with Gasteiger partial charge in [-0.15, -0.1) is 0 Å². The number of nitrogens with two attached hydrogens (primary N) is 1. The summed E-state index contributed by atoms with van der Waals surface area (Å²) in [4.78, 5) is 12.1. The Bertz CT molecular complexity index is 453. The van der Waals surface area contributed by atoms with E-state index in [1.807, 2.05) is 39.8 Å². The van der Waals surface area contributed by atoms with E-state index in [0.29, 0.717) is 6.54 Å². The zero-order valence-electron chi connectivity index (χ0n) is 11.8. The van der Waals surface area contributed by atoms with Crippen LogP contribution < -0.4 is 15.8 Å². The summed E-state index contributed by atoms with van der Waals surface area (Å²) in [6.45, 7) is 7.85. The second-order valence-corrected chi connectivity index (χ2v) is 5.13. The number of methoxy groups -OCH3 is 1. The molecule has 0 radical (unpaired) electrons. The molecule has 3 N–H and O–H groups in total. The summed E-state index contributed by atoms with van der Waals surface area (Å²) in [5, 5.41) is 2.90. The number of ether oxygens (including phenoxy) is 1. The van der Waals surface area contributed by atoms with E-state index >= 15 is 0 Å². The van der Waals surface area contributed by atoms with Gasteiger partial charge in [0.15, 0.2) is 0 Å². The second-order valence-electron chi connectivity index (χ2n) is 5.13. The fraction of sp³-hybridized carbons (Fsp3) is 0.500. The average molecular weight is 250 g/mol. The van der Waals surface area contributed by atoms with Crippen molar-refractivity contribution in [1.82, 2.24) is 0 Å². The SMILES string of the molecule is COc1c(C)ccc(NC(=O)C(C)(C)CN)c1C. The Labute approximate surface area is 109 Å². The lowest BCUT2D eigenvalue weighted by atomic mass is 9.92. The molecular formula is C14H22N2O2. The Hall–Kier alpha value is -1.55. The molecule has 1 rings (SSSR count). The van der Waals surface area contributed by atoms with Gasteiger partial charge in [-0.3, -0.25) is 4.79 Å². The highest BCUT2D eigenvalue weighted by Crippen LogP contribution is 2.30. The largest absolute Gasteiger partial charge is 0.496 e. The highest BCUT2D eigenvalue weighted by Gasteiger charge is 2.26. The molecule has 4 nitrogen and oxygen atoms in total. The first-order valence-corrected chi connectivity index (χ1v) is 5.99. The van der Waals surface area contributed by atoms with E-state index in [4.69, 9.17) is 10.5 Å². The molecule has 0 heterocycles. The standard InChI is InChI=1S/C14H22N2O2/c1-9-6-7-11(10(2)12(9)18-5)16-13(17)14(3,4)8-15/h6-7H,8,15H2,1-5H3,(H,16,17). The molecule has 18 heavy (non-hydrogen) atoms. The lowest BCUT2D eigenvalue weighted by molar-refractivity contribution is -0.123. The molecule has 0 fully saturated rings. The Kier molecular flexibility index (Phi) is 4.35. The third kappa shape index (κ3) is 2.82. The van der Waals surface area contributed by atoms with Gasteiger partial charge in [0.05, 0.1) is 12.5 Å². The number of carbonyl (C=O) groups excluding carboxylic acids is 1. The molecule has 100 valence electrons. The predicted molar refractivity (Wildman–Crippen MR) is 73.9 cm³/mol. The summed E-state index contributed by atoms with van der Waals surface area (Å²) in [6, 6.07) is 3.81. The third-order valence-electron chi connectivity index (χ3n) is 3.18. The van der Waals surface area contributed by atoms with E-state index in [2.05, 4.69) is 5.32 Å². The minimum absolute atomic E-state index is 0.0843. The first-order valence-electron chi connectivity index (χ1n) is 5.99. The number of benzene rings is 1. The van der Waals surface area contributed by atoms with Crippen LogP contribution in [0.4, 0.5) is 5.69 Å². The maximum absolute atomic E-state index is 12.1. The molecule has 0 atom stereocenters. The lowest BCUT2D eigenvalue weighted by Crippen LogP contribution is -2.37. The first kappa shape index (κ1) is 14.5. The summed E-state index contributed by atoms with van der Waals surface area (Å²) in [5.41, 5.74) is 7.76. The van der Waals surface area contributed by atoms with E-state index in [9.17, 15) is 4.79 Å². The Morgan fingerprint density at radius 2 is 2.00 bits per heavy atom. The van der Waals surface area contributed by atoms with Crippen molar-refractivity contribution in [1.29, 1.82) is 0 Å². The van der Waals surface area contributed by atoms with Gasteiger partial charge in [-0.2, -0.15) is 0 Å². The molecule has 1 amide bonds. The van der Waals surface area contributed by atoms with Crippen LogP contribution in [-0.2, 0) is 4.79 Å². The van der Waals surface area contributed by atoms with Crippen molar-refractivity contribution in [3.63, 3.8) is 0 Å². The number of amides is 1. The van der Waals surface area contributed by atoms with Gasteiger partial charge >= 0.3 is 0 Å². The van der Waals surface area contributed by atoms with Crippen molar-refractivity contribution in [3.8, 4) is 5.75 Å². The van der Waals surface area contributed by atoms with Crippen LogP contribution in [0.25, 0.3) is 0 Å². The highest BCUT2D eigenvalue weighted by molar-refractivity contribution is 5.96. The number of rotatable bonds is 4. The summed E-state index contributed by atoms with van der Waals surface area (Å²) >= 11 is 0. The fourth-order valence-electron chi connectivity index (χ4n) is 1.66. The number of carbonyl (C=O) groups is 1. The van der Waals surface area contributed by atoms with Gasteiger partial charge in [-0.05, 0) is 39.3 Å². The molecule has 0 aliphatic heterocycles. The van der Waals surface area contributed by atoms with Crippen LogP contribution >= 0.6 is 0 Å². The number of aryl methyl sites for hydroxylation is 1. The normalized spacial score (nSPS) is 11.2. The first-order chi connectivity index (χ1) is 8.33. The molecule has 1 aromatic rings. The topological polar surface area (TPSA) is 64.3 Å². The van der Waals surface area contributed by atoms with Gasteiger partial charge in [0.1, 0.15) is 5.75 Å². The van der Waals surface area contributed by atoms with Crippen LogP contribution in [0.3, 0.4) is 0 Å². The van der Waals surface area contributed by atoms with Gasteiger partial charge in [-0.1, -0.05) is 6.07 Å². The Balaban J connectivity index is 3.03. The predicted octanol–water partition coefficient (Wildman–Crippen LogP) is 2.24. The highest BCUT2D eigenvalue weighted by atomic mass is 16.5. The Morgan fingerprint density at radius 1 is 1.39 bits per heavy atom. The van der Waals surface area contributed by atoms with Crippen molar-refractivity contribution in [3.05, 3.63) is 23.3 Å². The van der Waals surface area contributed by atoms with E-state index < -0.39 is 5.41 Å². The lowest BCUT2D eigenvalue weighted by Gasteiger charge is -2.22. The van der Waals surface area contributed by atoms with Gasteiger partial charge in [-0.25, -0.2) is 0 Å². The number of anilines is 1. The van der Waals surface area contributed by atoms with E-state index in [-0.39, 0.29) is 5.91 Å².